The fourth-order valence-electron chi connectivity index (χ4n) is 3.15. The van der Waals surface area contributed by atoms with Gasteiger partial charge < -0.3 is 19.5 Å². The minimum absolute atomic E-state index is 0.104. The molecule has 0 aromatic heterocycles. The van der Waals surface area contributed by atoms with Crippen molar-refractivity contribution in [2.75, 3.05) is 25.6 Å². The zero-order valence-corrected chi connectivity index (χ0v) is 21.9. The molecule has 0 amide bonds. The number of anilines is 1. The van der Waals surface area contributed by atoms with E-state index in [0.29, 0.717) is 34.8 Å². The predicted octanol–water partition coefficient (Wildman–Crippen LogP) is 6.42. The molecule has 6 nitrogen and oxygen atoms in total. The van der Waals surface area contributed by atoms with Crippen molar-refractivity contribution in [3.05, 3.63) is 82.9 Å². The highest BCUT2D eigenvalue weighted by Crippen LogP contribution is 2.36. The number of thiocarbonyl (C=S) groups is 1. The van der Waals surface area contributed by atoms with Crippen LogP contribution in [0.5, 0.6) is 17.2 Å². The monoisotopic (exact) mass is 511 g/mol. The number of hydrogen-bond donors (Lipinski definition) is 2. The first-order chi connectivity index (χ1) is 16.8. The second-order valence-corrected chi connectivity index (χ2v) is 9.51. The summed E-state index contributed by atoms with van der Waals surface area (Å²) in [5.74, 6) is 1.74. The van der Waals surface area contributed by atoms with Crippen LogP contribution < -0.4 is 25.0 Å². The van der Waals surface area contributed by atoms with E-state index < -0.39 is 0 Å². The Kier molecular flexibility index (Phi) is 9.34. The van der Waals surface area contributed by atoms with E-state index in [4.69, 9.17) is 38.0 Å². The molecular formula is C27H30ClN3O3S. The van der Waals surface area contributed by atoms with E-state index >= 15 is 0 Å². The minimum Gasteiger partial charge on any atom is -0.493 e. The molecule has 184 valence electrons. The Morgan fingerprint density at radius 2 is 1.69 bits per heavy atom. The molecule has 0 atom stereocenters. The van der Waals surface area contributed by atoms with E-state index in [1.807, 2.05) is 42.5 Å². The van der Waals surface area contributed by atoms with Crippen molar-refractivity contribution in [3.8, 4) is 17.2 Å². The third kappa shape index (κ3) is 8.16. The molecule has 0 aliphatic heterocycles. The van der Waals surface area contributed by atoms with Crippen molar-refractivity contribution in [1.82, 2.24) is 5.43 Å². The van der Waals surface area contributed by atoms with Crippen LogP contribution in [0.1, 0.15) is 31.9 Å². The van der Waals surface area contributed by atoms with Crippen molar-refractivity contribution in [1.29, 1.82) is 0 Å². The smallest absolute Gasteiger partial charge is 0.191 e. The van der Waals surface area contributed by atoms with Crippen molar-refractivity contribution >= 4 is 40.8 Å². The van der Waals surface area contributed by atoms with Gasteiger partial charge in [-0.3, -0.25) is 5.43 Å². The molecule has 3 aromatic rings. The first-order valence-electron chi connectivity index (χ1n) is 11.1. The van der Waals surface area contributed by atoms with E-state index in [1.165, 1.54) is 5.56 Å². The van der Waals surface area contributed by atoms with Crippen LogP contribution in [0.3, 0.4) is 0 Å². The SMILES string of the molecule is COc1cc(/C=N\NC(=S)Nc2ccccc2)cc(Cl)c1OCCOc1ccc(C(C)(C)C)cc1. The highest BCUT2D eigenvalue weighted by molar-refractivity contribution is 7.80. The highest BCUT2D eigenvalue weighted by Gasteiger charge is 2.14. The van der Waals surface area contributed by atoms with Crippen LogP contribution in [0, 0.1) is 0 Å². The second kappa shape index (κ2) is 12.4. The maximum atomic E-state index is 6.45. The van der Waals surface area contributed by atoms with Gasteiger partial charge in [-0.2, -0.15) is 5.10 Å². The number of halogens is 1. The Labute approximate surface area is 217 Å². The number of nitrogens with one attached hydrogen (secondary N) is 2. The fourth-order valence-corrected chi connectivity index (χ4v) is 3.60. The first kappa shape index (κ1) is 26.3. The predicted molar refractivity (Wildman–Crippen MR) is 148 cm³/mol. The number of nitrogens with zero attached hydrogens (tertiary/aromatic N) is 1. The fraction of sp³-hybridized carbons (Fsp3) is 0.259. The summed E-state index contributed by atoms with van der Waals surface area (Å²) in [7, 11) is 1.56. The first-order valence-corrected chi connectivity index (χ1v) is 11.9. The summed E-state index contributed by atoms with van der Waals surface area (Å²) in [4.78, 5) is 0. The molecule has 2 N–H and O–H groups in total. The summed E-state index contributed by atoms with van der Waals surface area (Å²) in [5, 5.41) is 7.99. The Morgan fingerprint density at radius 3 is 2.34 bits per heavy atom. The van der Waals surface area contributed by atoms with Crippen LogP contribution in [0.2, 0.25) is 5.02 Å². The molecule has 0 saturated carbocycles. The Balaban J connectivity index is 1.52. The zero-order valence-electron chi connectivity index (χ0n) is 20.3. The van der Waals surface area contributed by atoms with Gasteiger partial charge >= 0.3 is 0 Å². The van der Waals surface area contributed by atoms with Gasteiger partial charge in [-0.05, 0) is 65.2 Å². The molecule has 0 saturated heterocycles. The van der Waals surface area contributed by atoms with Crippen molar-refractivity contribution < 1.29 is 14.2 Å². The van der Waals surface area contributed by atoms with E-state index in [-0.39, 0.29) is 5.41 Å². The van der Waals surface area contributed by atoms with Crippen molar-refractivity contribution in [2.24, 2.45) is 5.10 Å². The largest absolute Gasteiger partial charge is 0.493 e. The van der Waals surface area contributed by atoms with Gasteiger partial charge in [0.05, 0.1) is 18.3 Å². The van der Waals surface area contributed by atoms with Gasteiger partial charge in [0.15, 0.2) is 16.6 Å². The molecule has 0 aliphatic rings. The standard InChI is InChI=1S/C27H30ClN3O3S/c1-27(2,3)20-10-12-22(13-11-20)33-14-15-34-25-23(28)16-19(17-24(25)32-4)18-29-31-26(35)30-21-8-6-5-7-9-21/h5-13,16-18H,14-15H2,1-4H3,(H2,30,31,35)/b29-18-. The van der Waals surface area contributed by atoms with E-state index in [1.54, 1.807) is 25.5 Å². The van der Waals surface area contributed by atoms with Crippen LogP contribution in [0.25, 0.3) is 0 Å². The third-order valence-electron chi connectivity index (χ3n) is 4.98. The quantitative estimate of drug-likeness (QED) is 0.149. The maximum absolute atomic E-state index is 6.45. The van der Waals surface area contributed by atoms with Crippen LogP contribution in [-0.2, 0) is 5.41 Å². The van der Waals surface area contributed by atoms with Gasteiger partial charge in [0.1, 0.15) is 19.0 Å². The normalized spacial score (nSPS) is 11.2. The molecular weight excluding hydrogens is 482 g/mol. The van der Waals surface area contributed by atoms with Crippen LogP contribution in [0.4, 0.5) is 5.69 Å². The zero-order chi connectivity index (χ0) is 25.3. The molecule has 0 unspecified atom stereocenters. The second-order valence-electron chi connectivity index (χ2n) is 8.70. The third-order valence-corrected chi connectivity index (χ3v) is 5.46. The Bertz CT molecular complexity index is 1150. The van der Waals surface area contributed by atoms with Gasteiger partial charge in [-0.1, -0.05) is 62.7 Å². The van der Waals surface area contributed by atoms with Crippen LogP contribution >= 0.6 is 23.8 Å². The molecule has 0 heterocycles. The lowest BCUT2D eigenvalue weighted by atomic mass is 9.87. The average molecular weight is 512 g/mol. The van der Waals surface area contributed by atoms with Crippen molar-refractivity contribution in [2.45, 2.75) is 26.2 Å². The van der Waals surface area contributed by atoms with Gasteiger partial charge in [-0.15, -0.1) is 0 Å². The lowest BCUT2D eigenvalue weighted by Crippen LogP contribution is -2.23. The summed E-state index contributed by atoms with van der Waals surface area (Å²) >= 11 is 11.7. The number of hydrogen-bond acceptors (Lipinski definition) is 5. The number of ether oxygens (including phenoxy) is 3. The molecule has 0 fully saturated rings. The molecule has 0 spiro atoms. The molecule has 0 bridgehead atoms. The summed E-state index contributed by atoms with van der Waals surface area (Å²) in [6, 6.07) is 21.2. The van der Waals surface area contributed by atoms with Crippen LogP contribution in [0.15, 0.2) is 71.8 Å². The van der Waals surface area contributed by atoms with Gasteiger partial charge in [0.25, 0.3) is 0 Å². The number of para-hydroxylation sites is 1. The molecule has 8 heteroatoms. The molecule has 0 radical (unpaired) electrons. The van der Waals surface area contributed by atoms with Gasteiger partial charge in [-0.25, -0.2) is 0 Å². The topological polar surface area (TPSA) is 64.1 Å². The van der Waals surface area contributed by atoms with E-state index in [0.717, 1.165) is 17.0 Å². The van der Waals surface area contributed by atoms with Crippen LogP contribution in [-0.4, -0.2) is 31.7 Å². The summed E-state index contributed by atoms with van der Waals surface area (Å²) in [6.07, 6.45) is 1.60. The molecule has 35 heavy (non-hydrogen) atoms. The number of methoxy groups -OCH3 is 1. The average Bonchev–Trinajstić information content (AvgIpc) is 2.83. The van der Waals surface area contributed by atoms with E-state index in [9.17, 15) is 0 Å². The lowest BCUT2D eigenvalue weighted by molar-refractivity contribution is 0.211. The molecule has 3 rings (SSSR count). The summed E-state index contributed by atoms with van der Waals surface area (Å²) < 4.78 is 17.1. The minimum atomic E-state index is 0.104. The van der Waals surface area contributed by atoms with Gasteiger partial charge in [0, 0.05) is 5.69 Å². The summed E-state index contributed by atoms with van der Waals surface area (Å²) in [6.45, 7) is 7.22. The number of hydrazone groups is 1. The lowest BCUT2D eigenvalue weighted by Gasteiger charge is -2.19. The van der Waals surface area contributed by atoms with Gasteiger partial charge in [0.2, 0.25) is 0 Å². The number of benzene rings is 3. The Morgan fingerprint density at radius 1 is 1.00 bits per heavy atom. The highest BCUT2D eigenvalue weighted by atomic mass is 35.5. The molecule has 3 aromatic carbocycles. The maximum Gasteiger partial charge on any atom is 0.191 e. The number of rotatable bonds is 9. The van der Waals surface area contributed by atoms with E-state index in [2.05, 4.69) is 48.7 Å². The Hall–Kier alpha value is -3.29. The summed E-state index contributed by atoms with van der Waals surface area (Å²) in [5.41, 5.74) is 5.74. The van der Waals surface area contributed by atoms with Crippen molar-refractivity contribution in [3.63, 3.8) is 0 Å². The molecule has 0 aliphatic carbocycles.